The Morgan fingerprint density at radius 3 is 2.70 bits per heavy atom. The number of guanidine groups is 1. The van der Waals surface area contributed by atoms with Crippen LogP contribution in [0.2, 0.25) is 0 Å². The van der Waals surface area contributed by atoms with Crippen LogP contribution in [0, 0.1) is 0 Å². The third-order valence-electron chi connectivity index (χ3n) is 3.15. The third kappa shape index (κ3) is 8.15. The Morgan fingerprint density at radius 1 is 1.33 bits per heavy atom. The smallest absolute Gasteiger partial charge is 0.434 e. The number of aliphatic imine (C=N–C) groups is 1. The molecule has 0 atom stereocenters. The first kappa shape index (κ1) is 23.2. The molecule has 12 heteroatoms. The lowest BCUT2D eigenvalue weighted by Crippen LogP contribution is -2.43. The van der Waals surface area contributed by atoms with Crippen molar-refractivity contribution in [2.45, 2.75) is 19.1 Å². The van der Waals surface area contributed by atoms with Gasteiger partial charge in [-0.25, -0.2) is 4.98 Å². The van der Waals surface area contributed by atoms with Gasteiger partial charge in [0.15, 0.2) is 11.7 Å². The van der Waals surface area contributed by atoms with Gasteiger partial charge in [-0.1, -0.05) is 0 Å². The van der Waals surface area contributed by atoms with E-state index in [1.54, 1.807) is 12.1 Å². The summed E-state index contributed by atoms with van der Waals surface area (Å²) in [4.78, 5) is 19.2. The third-order valence-corrected chi connectivity index (χ3v) is 4.06. The molecule has 0 saturated heterocycles. The summed E-state index contributed by atoms with van der Waals surface area (Å²) in [6, 6.07) is 3.47. The molecule has 150 valence electrons. The maximum Gasteiger partial charge on any atom is 0.434 e. The number of aromatic nitrogens is 1. The molecular formula is C15H19F3IN5O2S. The lowest BCUT2D eigenvalue weighted by Gasteiger charge is -2.11. The fourth-order valence-corrected chi connectivity index (χ4v) is 2.69. The molecule has 2 heterocycles. The highest BCUT2D eigenvalue weighted by Crippen LogP contribution is 2.29. The fraction of sp³-hybridized carbons (Fsp3) is 0.400. The molecule has 0 unspecified atom stereocenters. The highest BCUT2D eigenvalue weighted by Gasteiger charge is 2.33. The zero-order valence-corrected chi connectivity index (χ0v) is 17.4. The Labute approximate surface area is 174 Å². The second kappa shape index (κ2) is 11.1. The fourth-order valence-electron chi connectivity index (χ4n) is 1.89. The molecular weight excluding hydrogens is 498 g/mol. The van der Waals surface area contributed by atoms with E-state index in [2.05, 4.69) is 25.9 Å². The molecule has 0 aliphatic rings. The minimum Gasteiger partial charge on any atom is -0.467 e. The van der Waals surface area contributed by atoms with Gasteiger partial charge in [-0.15, -0.1) is 35.3 Å². The van der Waals surface area contributed by atoms with Gasteiger partial charge < -0.3 is 20.4 Å². The van der Waals surface area contributed by atoms with Gasteiger partial charge in [0.1, 0.15) is 5.76 Å². The molecule has 1 amide bonds. The zero-order chi connectivity index (χ0) is 19.0. The summed E-state index contributed by atoms with van der Waals surface area (Å²) in [6.45, 7) is 0.611. The van der Waals surface area contributed by atoms with Crippen LogP contribution in [0.4, 0.5) is 13.2 Å². The lowest BCUT2D eigenvalue weighted by molar-refractivity contribution is -0.140. The van der Waals surface area contributed by atoms with Crippen LogP contribution in [0.5, 0.6) is 0 Å². The number of halogens is 4. The molecule has 0 bridgehead atoms. The predicted octanol–water partition coefficient (Wildman–Crippen LogP) is 2.40. The van der Waals surface area contributed by atoms with Crippen LogP contribution < -0.4 is 16.0 Å². The molecule has 2 aromatic rings. The van der Waals surface area contributed by atoms with Crippen LogP contribution in [0.25, 0.3) is 0 Å². The Bertz CT molecular complexity index is 734. The summed E-state index contributed by atoms with van der Waals surface area (Å²) in [6.07, 6.45) is -2.60. The Hall–Kier alpha value is -1.83. The van der Waals surface area contributed by atoms with Crippen LogP contribution in [0.1, 0.15) is 16.5 Å². The molecule has 0 radical (unpaired) electrons. The summed E-state index contributed by atoms with van der Waals surface area (Å²) in [7, 11) is 1.53. The van der Waals surface area contributed by atoms with Crippen molar-refractivity contribution < 1.29 is 22.4 Å². The standard InChI is InChI=1S/C15H18F3N5O2S.HI/c1-19-14(22-8-12(24)21-7-10-3-2-6-25-10)20-5-4-13-23-11(9-26-13)15(16,17)18;/h2-3,6,9H,4-5,7-8H2,1H3,(H,21,24)(H2,19,20,22);1H. The second-order valence-electron chi connectivity index (χ2n) is 5.08. The van der Waals surface area contributed by atoms with Crippen molar-refractivity contribution in [3.63, 3.8) is 0 Å². The number of carbonyl (C=O) groups excluding carboxylic acids is 1. The molecule has 3 N–H and O–H groups in total. The van der Waals surface area contributed by atoms with E-state index in [0.29, 0.717) is 29.7 Å². The number of rotatable bonds is 7. The van der Waals surface area contributed by atoms with E-state index in [-0.39, 0.29) is 43.0 Å². The SMILES string of the molecule is CN=C(NCCc1nc(C(F)(F)F)cs1)NCC(=O)NCc1ccco1.I. The largest absolute Gasteiger partial charge is 0.467 e. The van der Waals surface area contributed by atoms with Gasteiger partial charge in [0.05, 0.1) is 24.4 Å². The van der Waals surface area contributed by atoms with E-state index in [1.165, 1.54) is 13.3 Å². The maximum absolute atomic E-state index is 12.5. The number of nitrogens with zero attached hydrogens (tertiary/aromatic N) is 2. The number of carbonyl (C=O) groups is 1. The number of furan rings is 1. The van der Waals surface area contributed by atoms with E-state index in [9.17, 15) is 18.0 Å². The topological polar surface area (TPSA) is 91.5 Å². The van der Waals surface area contributed by atoms with Gasteiger partial charge in [-0.2, -0.15) is 13.2 Å². The molecule has 7 nitrogen and oxygen atoms in total. The van der Waals surface area contributed by atoms with Gasteiger partial charge in [0, 0.05) is 25.4 Å². The van der Waals surface area contributed by atoms with E-state index in [1.807, 2.05) is 0 Å². The van der Waals surface area contributed by atoms with Crippen molar-refractivity contribution >= 4 is 47.2 Å². The Kier molecular flexibility index (Phi) is 9.55. The first-order chi connectivity index (χ1) is 12.4. The number of nitrogens with one attached hydrogen (secondary N) is 3. The van der Waals surface area contributed by atoms with Gasteiger partial charge in [0.2, 0.25) is 5.91 Å². The number of amides is 1. The van der Waals surface area contributed by atoms with Crippen molar-refractivity contribution in [2.75, 3.05) is 20.1 Å². The van der Waals surface area contributed by atoms with Crippen LogP contribution in [0.15, 0.2) is 33.2 Å². The quantitative estimate of drug-likeness (QED) is 0.298. The van der Waals surface area contributed by atoms with Gasteiger partial charge in [-0.3, -0.25) is 9.79 Å². The molecule has 0 saturated carbocycles. The number of hydrogen-bond donors (Lipinski definition) is 3. The van der Waals surface area contributed by atoms with E-state index >= 15 is 0 Å². The predicted molar refractivity (Wildman–Crippen MR) is 106 cm³/mol. The average molecular weight is 517 g/mol. The first-order valence-electron chi connectivity index (χ1n) is 7.63. The van der Waals surface area contributed by atoms with E-state index in [0.717, 1.165) is 16.7 Å². The molecule has 0 aliphatic carbocycles. The maximum atomic E-state index is 12.5. The summed E-state index contributed by atoms with van der Waals surface area (Å²) in [5.74, 6) is 0.757. The number of hydrogen-bond acceptors (Lipinski definition) is 5. The van der Waals surface area contributed by atoms with E-state index in [4.69, 9.17) is 4.42 Å². The number of alkyl halides is 3. The van der Waals surface area contributed by atoms with Crippen LogP contribution >= 0.6 is 35.3 Å². The van der Waals surface area contributed by atoms with Gasteiger partial charge in [0.25, 0.3) is 0 Å². The van der Waals surface area contributed by atoms with Crippen molar-refractivity contribution in [1.82, 2.24) is 20.9 Å². The van der Waals surface area contributed by atoms with Crippen LogP contribution in [-0.4, -0.2) is 37.0 Å². The molecule has 2 rings (SSSR count). The molecule has 2 aromatic heterocycles. The summed E-state index contributed by atoms with van der Waals surface area (Å²) < 4.78 is 42.6. The molecule has 0 aromatic carbocycles. The summed E-state index contributed by atoms with van der Waals surface area (Å²) in [5, 5.41) is 9.77. The minimum absolute atomic E-state index is 0. The van der Waals surface area contributed by atoms with Crippen LogP contribution in [0.3, 0.4) is 0 Å². The normalized spacial score (nSPS) is 11.6. The first-order valence-corrected chi connectivity index (χ1v) is 8.51. The molecule has 0 aliphatic heterocycles. The summed E-state index contributed by atoms with van der Waals surface area (Å²) in [5.41, 5.74) is -0.881. The van der Waals surface area contributed by atoms with E-state index < -0.39 is 11.9 Å². The van der Waals surface area contributed by atoms with Crippen molar-refractivity contribution in [2.24, 2.45) is 4.99 Å². The highest BCUT2D eigenvalue weighted by atomic mass is 127. The van der Waals surface area contributed by atoms with Crippen LogP contribution in [-0.2, 0) is 23.9 Å². The molecule has 0 fully saturated rings. The summed E-state index contributed by atoms with van der Waals surface area (Å²) >= 11 is 0.955. The highest BCUT2D eigenvalue weighted by molar-refractivity contribution is 14.0. The van der Waals surface area contributed by atoms with Gasteiger partial charge >= 0.3 is 6.18 Å². The number of thiazole rings is 1. The molecule has 27 heavy (non-hydrogen) atoms. The Morgan fingerprint density at radius 2 is 2.11 bits per heavy atom. The zero-order valence-electron chi connectivity index (χ0n) is 14.3. The lowest BCUT2D eigenvalue weighted by atomic mass is 10.4. The Balaban J connectivity index is 0.00000364. The van der Waals surface area contributed by atoms with Crippen molar-refractivity contribution in [3.8, 4) is 0 Å². The monoisotopic (exact) mass is 517 g/mol. The minimum atomic E-state index is -4.43. The van der Waals surface area contributed by atoms with Gasteiger partial charge in [-0.05, 0) is 12.1 Å². The second-order valence-corrected chi connectivity index (χ2v) is 6.03. The average Bonchev–Trinajstić information content (AvgIpc) is 3.27. The van der Waals surface area contributed by atoms with Crippen molar-refractivity contribution in [3.05, 3.63) is 40.2 Å². The van der Waals surface area contributed by atoms with Crippen molar-refractivity contribution in [1.29, 1.82) is 0 Å². The molecule has 0 spiro atoms.